The van der Waals surface area contributed by atoms with Crippen LogP contribution in [0.4, 0.5) is 5.69 Å². The Morgan fingerprint density at radius 1 is 1.03 bits per heavy atom. The molecule has 0 N–H and O–H groups in total. The van der Waals surface area contributed by atoms with Crippen LogP contribution in [0.1, 0.15) is 38.3 Å². The Balaban J connectivity index is 1.19. The number of halogens is 2. The minimum absolute atomic E-state index is 0.237. The van der Waals surface area contributed by atoms with Crippen LogP contribution in [0.25, 0.3) is 10.9 Å². The molecule has 2 aromatic carbocycles. The molecule has 0 radical (unpaired) electrons. The Bertz CT molecular complexity index is 1150. The molecule has 35 heavy (non-hydrogen) atoms. The molecule has 0 spiro atoms. The molecule has 0 amide bonds. The number of benzene rings is 2. The van der Waals surface area contributed by atoms with Gasteiger partial charge in [-0.1, -0.05) is 42.3 Å². The van der Waals surface area contributed by atoms with Crippen molar-refractivity contribution in [3.8, 4) is 5.75 Å². The number of piperazine rings is 1. The van der Waals surface area contributed by atoms with Gasteiger partial charge in [0.15, 0.2) is 0 Å². The van der Waals surface area contributed by atoms with E-state index in [1.165, 1.54) is 0 Å². The molecule has 0 aliphatic carbocycles. The molecule has 1 aliphatic rings. The molecule has 0 unspecified atom stereocenters. The van der Waals surface area contributed by atoms with E-state index in [9.17, 15) is 4.79 Å². The summed E-state index contributed by atoms with van der Waals surface area (Å²) in [6.07, 6.45) is 3.97. The maximum Gasteiger partial charge on any atom is 0.138 e. The van der Waals surface area contributed by atoms with Crippen molar-refractivity contribution in [3.05, 3.63) is 64.3 Å². The van der Waals surface area contributed by atoms with Crippen LogP contribution >= 0.6 is 23.2 Å². The smallest absolute Gasteiger partial charge is 0.138 e. The molecule has 5 nitrogen and oxygen atoms in total. The van der Waals surface area contributed by atoms with Crippen molar-refractivity contribution < 1.29 is 9.53 Å². The molecule has 4 rings (SSSR count). The van der Waals surface area contributed by atoms with Crippen LogP contribution in [0.2, 0.25) is 10.0 Å². The first kappa shape index (κ1) is 25.7. The maximum atomic E-state index is 12.0. The number of ketones is 1. The van der Waals surface area contributed by atoms with Crippen LogP contribution in [-0.4, -0.2) is 55.0 Å². The molecule has 1 aliphatic heterocycles. The number of anilines is 1. The van der Waals surface area contributed by atoms with E-state index in [1.807, 2.05) is 55.5 Å². The molecule has 1 fully saturated rings. The van der Waals surface area contributed by atoms with Gasteiger partial charge in [-0.05, 0) is 56.1 Å². The Kier molecular flexibility index (Phi) is 9.25. The highest BCUT2D eigenvalue weighted by Crippen LogP contribution is 2.32. The van der Waals surface area contributed by atoms with Crippen LogP contribution in [0, 0.1) is 0 Å². The van der Waals surface area contributed by atoms with Crippen LogP contribution in [0.15, 0.2) is 48.5 Å². The Labute approximate surface area is 218 Å². The predicted octanol–water partition coefficient (Wildman–Crippen LogP) is 6.43. The summed E-state index contributed by atoms with van der Waals surface area (Å²) >= 11 is 12.6. The number of rotatable bonds is 11. The molecule has 0 atom stereocenters. The monoisotopic (exact) mass is 513 g/mol. The lowest BCUT2D eigenvalue weighted by atomic mass is 10.1. The lowest BCUT2D eigenvalue weighted by Crippen LogP contribution is -2.46. The molecule has 0 saturated carbocycles. The predicted molar refractivity (Wildman–Crippen MR) is 145 cm³/mol. The van der Waals surface area contributed by atoms with Crippen molar-refractivity contribution in [1.82, 2.24) is 9.88 Å². The van der Waals surface area contributed by atoms with Crippen LogP contribution in [0.5, 0.6) is 5.75 Å². The van der Waals surface area contributed by atoms with Gasteiger partial charge in [-0.15, -0.1) is 0 Å². The number of hydrogen-bond acceptors (Lipinski definition) is 5. The average molecular weight is 514 g/mol. The summed E-state index contributed by atoms with van der Waals surface area (Å²) in [6.45, 7) is 7.70. The van der Waals surface area contributed by atoms with E-state index in [1.54, 1.807) is 0 Å². The molecular weight excluding hydrogens is 481 g/mol. The van der Waals surface area contributed by atoms with Crippen LogP contribution < -0.4 is 9.64 Å². The van der Waals surface area contributed by atoms with Crippen molar-refractivity contribution in [2.45, 2.75) is 39.0 Å². The number of carbonyl (C=O) groups excluding carboxylic acids is 1. The van der Waals surface area contributed by atoms with E-state index >= 15 is 0 Å². The summed E-state index contributed by atoms with van der Waals surface area (Å²) < 4.78 is 6.00. The highest BCUT2D eigenvalue weighted by Gasteiger charge is 2.19. The summed E-state index contributed by atoms with van der Waals surface area (Å²) in [4.78, 5) is 21.4. The van der Waals surface area contributed by atoms with Gasteiger partial charge in [-0.25, -0.2) is 0 Å². The van der Waals surface area contributed by atoms with Gasteiger partial charge < -0.3 is 9.64 Å². The van der Waals surface area contributed by atoms with Gasteiger partial charge in [0.2, 0.25) is 0 Å². The summed E-state index contributed by atoms with van der Waals surface area (Å²) in [6, 6.07) is 15.8. The minimum atomic E-state index is 0.237. The summed E-state index contributed by atoms with van der Waals surface area (Å²) in [5.74, 6) is 1.07. The number of nitrogens with zero attached hydrogens (tertiary/aromatic N) is 3. The van der Waals surface area contributed by atoms with E-state index in [2.05, 4.69) is 14.8 Å². The number of aromatic nitrogens is 1. The Morgan fingerprint density at radius 2 is 1.83 bits per heavy atom. The second-order valence-corrected chi connectivity index (χ2v) is 9.86. The summed E-state index contributed by atoms with van der Waals surface area (Å²) in [7, 11) is 0. The zero-order valence-electron chi connectivity index (χ0n) is 20.3. The number of Topliss-reactive ketones (excluding diaryl/α,β-unsaturated/α-hetero) is 1. The van der Waals surface area contributed by atoms with Crippen LogP contribution in [-0.2, 0) is 11.2 Å². The van der Waals surface area contributed by atoms with Gasteiger partial charge in [0.1, 0.15) is 11.5 Å². The molecule has 3 aromatic rings. The number of pyridine rings is 1. The SMILES string of the molecule is CCCC(=O)Cc1ccc2ccc(OCCCCN3CCN(c4cccc(Cl)c4Cl)CC3)cc2n1. The van der Waals surface area contributed by atoms with Gasteiger partial charge in [-0.2, -0.15) is 0 Å². The highest BCUT2D eigenvalue weighted by molar-refractivity contribution is 6.43. The van der Waals surface area contributed by atoms with Crippen molar-refractivity contribution in [2.75, 3.05) is 44.2 Å². The number of fused-ring (bicyclic) bond motifs is 1. The first-order valence-corrected chi connectivity index (χ1v) is 13.2. The maximum absolute atomic E-state index is 12.0. The molecule has 186 valence electrons. The van der Waals surface area contributed by atoms with E-state index in [0.717, 1.165) is 80.0 Å². The standard InChI is InChI=1S/C28H33Cl2N3O2/c1-2-6-23(34)19-22-11-9-21-10-12-24(20-26(21)31-22)35-18-4-3-13-32-14-16-33(17-15-32)27-8-5-7-25(29)28(27)30/h5,7-12,20H,2-4,6,13-19H2,1H3. The topological polar surface area (TPSA) is 45.7 Å². The fourth-order valence-corrected chi connectivity index (χ4v) is 4.89. The quantitative estimate of drug-likeness (QED) is 0.276. The van der Waals surface area contributed by atoms with Gasteiger partial charge in [0.25, 0.3) is 0 Å². The lowest BCUT2D eigenvalue weighted by molar-refractivity contribution is -0.118. The van der Waals surface area contributed by atoms with E-state index in [0.29, 0.717) is 29.5 Å². The molecule has 1 aromatic heterocycles. The largest absolute Gasteiger partial charge is 0.494 e. The van der Waals surface area contributed by atoms with E-state index in [-0.39, 0.29) is 5.78 Å². The zero-order valence-corrected chi connectivity index (χ0v) is 21.8. The van der Waals surface area contributed by atoms with Gasteiger partial charge >= 0.3 is 0 Å². The van der Waals surface area contributed by atoms with Crippen molar-refractivity contribution in [1.29, 1.82) is 0 Å². The minimum Gasteiger partial charge on any atom is -0.494 e. The fourth-order valence-electron chi connectivity index (χ4n) is 4.47. The van der Waals surface area contributed by atoms with Gasteiger partial charge in [0, 0.05) is 56.2 Å². The second-order valence-electron chi connectivity index (χ2n) is 9.08. The number of hydrogen-bond donors (Lipinski definition) is 0. The number of ether oxygens (including phenoxy) is 1. The van der Waals surface area contributed by atoms with Crippen molar-refractivity contribution >= 4 is 45.6 Å². The number of unbranched alkanes of at least 4 members (excludes halogenated alkanes) is 1. The van der Waals surface area contributed by atoms with Crippen LogP contribution in [0.3, 0.4) is 0 Å². The third-order valence-corrected chi connectivity index (χ3v) is 7.22. The molecular formula is C28H33Cl2N3O2. The van der Waals surface area contributed by atoms with Crippen molar-refractivity contribution in [3.63, 3.8) is 0 Å². The normalized spacial score (nSPS) is 14.4. The molecule has 1 saturated heterocycles. The van der Waals surface area contributed by atoms with E-state index in [4.69, 9.17) is 27.9 Å². The summed E-state index contributed by atoms with van der Waals surface area (Å²) in [5, 5.41) is 2.31. The zero-order chi connectivity index (χ0) is 24.6. The third-order valence-electron chi connectivity index (χ3n) is 6.41. The van der Waals surface area contributed by atoms with Gasteiger partial charge in [0.05, 0.1) is 27.9 Å². The van der Waals surface area contributed by atoms with Crippen molar-refractivity contribution in [2.24, 2.45) is 0 Å². The Morgan fingerprint density at radius 3 is 2.63 bits per heavy atom. The van der Waals surface area contributed by atoms with Gasteiger partial charge in [-0.3, -0.25) is 14.7 Å². The Hall–Kier alpha value is -2.34. The molecule has 2 heterocycles. The second kappa shape index (κ2) is 12.6. The summed E-state index contributed by atoms with van der Waals surface area (Å²) in [5.41, 5.74) is 2.73. The lowest BCUT2D eigenvalue weighted by Gasteiger charge is -2.36. The highest BCUT2D eigenvalue weighted by atomic mass is 35.5. The first-order valence-electron chi connectivity index (χ1n) is 12.5. The van der Waals surface area contributed by atoms with E-state index < -0.39 is 0 Å². The average Bonchev–Trinajstić information content (AvgIpc) is 2.86. The third kappa shape index (κ3) is 7.09. The molecule has 0 bridgehead atoms. The molecule has 7 heteroatoms. The number of carbonyl (C=O) groups is 1. The fraction of sp³-hybridized carbons (Fsp3) is 0.429. The first-order chi connectivity index (χ1) is 17.0.